The van der Waals surface area contributed by atoms with E-state index in [0.717, 1.165) is 5.75 Å². The Bertz CT molecular complexity index is 668. The molecule has 0 bridgehead atoms. The van der Waals surface area contributed by atoms with Gasteiger partial charge in [-0.05, 0) is 55.4 Å². The number of halogens is 1. The Balaban J connectivity index is 0.00000196. The first-order chi connectivity index (χ1) is 12.3. The van der Waals surface area contributed by atoms with Crippen molar-refractivity contribution in [1.29, 1.82) is 0 Å². The van der Waals surface area contributed by atoms with E-state index in [1.807, 2.05) is 18.2 Å². The zero-order valence-electron chi connectivity index (χ0n) is 15.1. The molecule has 2 fully saturated rings. The van der Waals surface area contributed by atoms with Gasteiger partial charge >= 0.3 is 0 Å². The van der Waals surface area contributed by atoms with Gasteiger partial charge in [-0.3, -0.25) is 0 Å². The molecule has 0 saturated heterocycles. The molecular weight excluding hydrogens is 344 g/mol. The first kappa shape index (κ1) is 19.2. The molecule has 140 valence electrons. The van der Waals surface area contributed by atoms with Crippen molar-refractivity contribution in [2.75, 3.05) is 0 Å². The van der Waals surface area contributed by atoms with E-state index in [4.69, 9.17) is 10.5 Å². The Kier molecular flexibility index (Phi) is 6.58. The molecule has 0 unspecified atom stereocenters. The van der Waals surface area contributed by atoms with Gasteiger partial charge < -0.3 is 15.8 Å². The van der Waals surface area contributed by atoms with Crippen LogP contribution in [0.15, 0.2) is 54.6 Å². The van der Waals surface area contributed by atoms with E-state index in [9.17, 15) is 0 Å². The van der Waals surface area contributed by atoms with Gasteiger partial charge in [0.1, 0.15) is 12.4 Å². The standard InChI is InChI=1S/C22H28N2O.ClH/c23-18-8-10-19(11-9-18)24-22-14-21(22)17-6-12-20(13-7-17)25-15-16-4-2-1-3-5-16;/h1-7,12-13,18-19,21-22,24H,8-11,14-15,23H2;1H/t18?,19?,21-,22+;/m1./s1. The van der Waals surface area contributed by atoms with E-state index in [0.29, 0.717) is 30.7 Å². The van der Waals surface area contributed by atoms with Gasteiger partial charge in [-0.2, -0.15) is 0 Å². The first-order valence-electron chi connectivity index (χ1n) is 9.56. The molecule has 4 rings (SSSR count). The number of hydrogen-bond acceptors (Lipinski definition) is 3. The normalized spacial score (nSPS) is 27.4. The third-order valence-electron chi connectivity index (χ3n) is 5.57. The van der Waals surface area contributed by atoms with Gasteiger partial charge in [-0.25, -0.2) is 0 Å². The van der Waals surface area contributed by atoms with Crippen molar-refractivity contribution in [2.24, 2.45) is 5.73 Å². The van der Waals surface area contributed by atoms with Crippen LogP contribution in [0, 0.1) is 0 Å². The second kappa shape index (κ2) is 8.90. The maximum absolute atomic E-state index is 6.00. The summed E-state index contributed by atoms with van der Waals surface area (Å²) < 4.78 is 5.88. The number of nitrogens with one attached hydrogen (secondary N) is 1. The summed E-state index contributed by atoms with van der Waals surface area (Å²) in [6.45, 7) is 0.623. The minimum absolute atomic E-state index is 0. The van der Waals surface area contributed by atoms with Crippen LogP contribution in [-0.2, 0) is 6.61 Å². The lowest BCUT2D eigenvalue weighted by atomic mass is 9.92. The Morgan fingerprint density at radius 1 is 0.923 bits per heavy atom. The van der Waals surface area contributed by atoms with Gasteiger partial charge in [0.2, 0.25) is 0 Å². The average Bonchev–Trinajstić information content (AvgIpc) is 3.42. The van der Waals surface area contributed by atoms with Crippen molar-refractivity contribution in [2.45, 2.75) is 62.8 Å². The highest BCUT2D eigenvalue weighted by molar-refractivity contribution is 5.85. The van der Waals surface area contributed by atoms with Crippen molar-refractivity contribution in [3.05, 3.63) is 65.7 Å². The van der Waals surface area contributed by atoms with Crippen LogP contribution in [0.3, 0.4) is 0 Å². The van der Waals surface area contributed by atoms with Crippen LogP contribution in [0.5, 0.6) is 5.75 Å². The molecule has 0 spiro atoms. The van der Waals surface area contributed by atoms with Gasteiger partial charge in [0.05, 0.1) is 0 Å². The molecule has 0 amide bonds. The number of hydrogen-bond donors (Lipinski definition) is 2. The predicted molar refractivity (Wildman–Crippen MR) is 109 cm³/mol. The van der Waals surface area contributed by atoms with E-state index < -0.39 is 0 Å². The minimum atomic E-state index is 0. The highest BCUT2D eigenvalue weighted by atomic mass is 35.5. The summed E-state index contributed by atoms with van der Waals surface area (Å²) in [7, 11) is 0. The van der Waals surface area contributed by atoms with Crippen LogP contribution in [0.1, 0.15) is 49.1 Å². The smallest absolute Gasteiger partial charge is 0.119 e. The van der Waals surface area contributed by atoms with E-state index in [1.54, 1.807) is 0 Å². The van der Waals surface area contributed by atoms with Crippen LogP contribution in [0.25, 0.3) is 0 Å². The third kappa shape index (κ3) is 5.00. The Hall–Kier alpha value is -1.55. The molecule has 0 aromatic heterocycles. The molecule has 0 aliphatic heterocycles. The molecule has 2 aliphatic rings. The molecule has 3 N–H and O–H groups in total. The molecule has 2 aliphatic carbocycles. The van der Waals surface area contributed by atoms with E-state index in [-0.39, 0.29) is 12.4 Å². The van der Waals surface area contributed by atoms with Gasteiger partial charge in [-0.1, -0.05) is 42.5 Å². The van der Waals surface area contributed by atoms with Crippen LogP contribution in [-0.4, -0.2) is 18.1 Å². The van der Waals surface area contributed by atoms with Crippen molar-refractivity contribution in [3.63, 3.8) is 0 Å². The molecular formula is C22H29ClN2O. The molecule has 0 heterocycles. The summed E-state index contributed by atoms with van der Waals surface area (Å²) in [5.74, 6) is 1.61. The second-order valence-corrected chi connectivity index (χ2v) is 7.57. The van der Waals surface area contributed by atoms with Gasteiger partial charge in [0.25, 0.3) is 0 Å². The second-order valence-electron chi connectivity index (χ2n) is 7.57. The molecule has 3 nitrogen and oxygen atoms in total. The maximum atomic E-state index is 6.00. The summed E-state index contributed by atoms with van der Waals surface area (Å²) in [6, 6.07) is 20.7. The molecule has 26 heavy (non-hydrogen) atoms. The number of ether oxygens (including phenoxy) is 1. The number of rotatable bonds is 6. The van der Waals surface area contributed by atoms with Crippen molar-refractivity contribution in [1.82, 2.24) is 5.32 Å². The van der Waals surface area contributed by atoms with E-state index >= 15 is 0 Å². The lowest BCUT2D eigenvalue weighted by Gasteiger charge is -2.27. The van der Waals surface area contributed by atoms with Gasteiger partial charge in [0, 0.05) is 24.0 Å². The lowest BCUT2D eigenvalue weighted by Crippen LogP contribution is -2.38. The largest absolute Gasteiger partial charge is 0.489 e. The molecule has 2 atom stereocenters. The average molecular weight is 373 g/mol. The van der Waals surface area contributed by atoms with Gasteiger partial charge in [0.15, 0.2) is 0 Å². The highest BCUT2D eigenvalue weighted by Crippen LogP contribution is 2.42. The predicted octanol–water partition coefficient (Wildman–Crippen LogP) is 4.40. The molecule has 0 radical (unpaired) electrons. The quantitative estimate of drug-likeness (QED) is 0.789. The zero-order chi connectivity index (χ0) is 17.1. The van der Waals surface area contributed by atoms with Crippen molar-refractivity contribution >= 4 is 12.4 Å². The third-order valence-corrected chi connectivity index (χ3v) is 5.57. The topological polar surface area (TPSA) is 47.3 Å². The molecule has 2 saturated carbocycles. The summed E-state index contributed by atoms with van der Waals surface area (Å²) in [6.07, 6.45) is 6.06. The Morgan fingerprint density at radius 2 is 1.62 bits per heavy atom. The summed E-state index contributed by atoms with van der Waals surface area (Å²) in [5.41, 5.74) is 8.63. The fourth-order valence-corrected chi connectivity index (χ4v) is 3.89. The minimum Gasteiger partial charge on any atom is -0.489 e. The Morgan fingerprint density at radius 3 is 2.31 bits per heavy atom. The van der Waals surface area contributed by atoms with Crippen LogP contribution < -0.4 is 15.8 Å². The maximum Gasteiger partial charge on any atom is 0.119 e. The fourth-order valence-electron chi connectivity index (χ4n) is 3.89. The first-order valence-corrected chi connectivity index (χ1v) is 9.56. The van der Waals surface area contributed by atoms with E-state index in [2.05, 4.69) is 41.7 Å². The molecule has 2 aromatic rings. The molecule has 2 aromatic carbocycles. The van der Waals surface area contributed by atoms with Crippen LogP contribution in [0.2, 0.25) is 0 Å². The van der Waals surface area contributed by atoms with Crippen LogP contribution in [0.4, 0.5) is 0 Å². The van der Waals surface area contributed by atoms with Crippen LogP contribution >= 0.6 is 12.4 Å². The summed E-state index contributed by atoms with van der Waals surface area (Å²) in [4.78, 5) is 0. The number of benzene rings is 2. The summed E-state index contributed by atoms with van der Waals surface area (Å²) in [5, 5.41) is 3.84. The Labute approximate surface area is 162 Å². The fraction of sp³-hybridized carbons (Fsp3) is 0.455. The monoisotopic (exact) mass is 372 g/mol. The highest BCUT2D eigenvalue weighted by Gasteiger charge is 2.39. The zero-order valence-corrected chi connectivity index (χ0v) is 16.0. The molecule has 4 heteroatoms. The SMILES string of the molecule is Cl.NC1CCC(N[C@H]2C[C@@H]2c2ccc(OCc3ccccc3)cc2)CC1. The summed E-state index contributed by atoms with van der Waals surface area (Å²) >= 11 is 0. The lowest BCUT2D eigenvalue weighted by molar-refractivity contribution is 0.306. The number of nitrogens with two attached hydrogens (primary N) is 1. The van der Waals surface area contributed by atoms with Crippen molar-refractivity contribution < 1.29 is 4.74 Å². The van der Waals surface area contributed by atoms with E-state index in [1.165, 1.54) is 43.2 Å². The van der Waals surface area contributed by atoms with Crippen molar-refractivity contribution in [3.8, 4) is 5.75 Å². The van der Waals surface area contributed by atoms with Gasteiger partial charge in [-0.15, -0.1) is 12.4 Å².